The molecule has 0 amide bonds. The summed E-state index contributed by atoms with van der Waals surface area (Å²) in [5.74, 6) is -1.16. The molecular formula is C13H12F2N2O2S. The summed E-state index contributed by atoms with van der Waals surface area (Å²) in [5.41, 5.74) is 5.92. The molecule has 0 fully saturated rings. The Morgan fingerprint density at radius 1 is 1.00 bits per heavy atom. The monoisotopic (exact) mass is 298 g/mol. The first-order valence-corrected chi connectivity index (χ1v) is 7.17. The van der Waals surface area contributed by atoms with Crippen LogP contribution in [-0.4, -0.2) is 8.42 Å². The topological polar surface area (TPSA) is 72.2 Å². The van der Waals surface area contributed by atoms with Gasteiger partial charge in [0.25, 0.3) is 10.0 Å². The zero-order valence-corrected chi connectivity index (χ0v) is 11.1. The maximum absolute atomic E-state index is 13.2. The molecule has 4 nitrogen and oxygen atoms in total. The third-order valence-corrected chi connectivity index (χ3v) is 4.10. The lowest BCUT2D eigenvalue weighted by molar-refractivity contribution is 0.593. The van der Waals surface area contributed by atoms with Gasteiger partial charge in [-0.05, 0) is 42.0 Å². The van der Waals surface area contributed by atoms with Gasteiger partial charge in [0.1, 0.15) is 11.6 Å². The van der Waals surface area contributed by atoms with Crippen LogP contribution in [0.2, 0.25) is 0 Å². The van der Waals surface area contributed by atoms with Gasteiger partial charge in [0.15, 0.2) is 0 Å². The van der Waals surface area contributed by atoms with Crippen molar-refractivity contribution in [3.63, 3.8) is 0 Å². The molecule has 0 aliphatic heterocycles. The van der Waals surface area contributed by atoms with Gasteiger partial charge in [0.2, 0.25) is 0 Å². The summed E-state index contributed by atoms with van der Waals surface area (Å²) in [4.78, 5) is -0.232. The zero-order chi connectivity index (χ0) is 14.8. The Bertz CT molecular complexity index is 716. The standard InChI is InChI=1S/C13H12F2N2O2S/c14-10-3-5-12(6-4-10)17-20(18,19)13-7-11(15)2-1-9(13)8-16/h1-7,17H,8,16H2. The minimum absolute atomic E-state index is 0.0417. The Morgan fingerprint density at radius 3 is 2.20 bits per heavy atom. The van der Waals surface area contributed by atoms with Crippen molar-refractivity contribution in [2.75, 3.05) is 4.72 Å². The van der Waals surface area contributed by atoms with Crippen LogP contribution in [0.25, 0.3) is 0 Å². The fraction of sp³-hybridized carbons (Fsp3) is 0.0769. The molecule has 0 bridgehead atoms. The molecule has 2 aromatic carbocycles. The van der Waals surface area contributed by atoms with Crippen molar-refractivity contribution in [2.24, 2.45) is 5.73 Å². The maximum atomic E-state index is 13.2. The van der Waals surface area contributed by atoms with Crippen molar-refractivity contribution in [1.82, 2.24) is 0 Å². The van der Waals surface area contributed by atoms with Gasteiger partial charge < -0.3 is 5.73 Å². The van der Waals surface area contributed by atoms with E-state index in [1.165, 1.54) is 18.2 Å². The number of nitrogens with two attached hydrogens (primary N) is 1. The van der Waals surface area contributed by atoms with Crippen LogP contribution in [0, 0.1) is 11.6 Å². The average Bonchev–Trinajstić information content (AvgIpc) is 2.41. The fourth-order valence-corrected chi connectivity index (χ4v) is 3.00. The van der Waals surface area contributed by atoms with Gasteiger partial charge in [-0.3, -0.25) is 4.72 Å². The van der Waals surface area contributed by atoms with Crippen LogP contribution in [0.1, 0.15) is 5.56 Å². The van der Waals surface area contributed by atoms with Gasteiger partial charge in [-0.2, -0.15) is 0 Å². The first-order valence-electron chi connectivity index (χ1n) is 5.69. The molecule has 0 radical (unpaired) electrons. The molecule has 3 N–H and O–H groups in total. The van der Waals surface area contributed by atoms with Crippen molar-refractivity contribution in [1.29, 1.82) is 0 Å². The Kier molecular flexibility index (Phi) is 4.01. The Hall–Kier alpha value is -1.99. The quantitative estimate of drug-likeness (QED) is 0.909. The first-order chi connectivity index (χ1) is 9.42. The highest BCUT2D eigenvalue weighted by atomic mass is 32.2. The van der Waals surface area contributed by atoms with Crippen molar-refractivity contribution < 1.29 is 17.2 Å². The van der Waals surface area contributed by atoms with E-state index in [9.17, 15) is 17.2 Å². The van der Waals surface area contributed by atoms with Crippen LogP contribution in [-0.2, 0) is 16.6 Å². The Balaban J connectivity index is 2.40. The third-order valence-electron chi connectivity index (χ3n) is 2.64. The van der Waals surface area contributed by atoms with Crippen LogP contribution in [0.5, 0.6) is 0 Å². The normalized spacial score (nSPS) is 11.3. The molecule has 106 valence electrons. The van der Waals surface area contributed by atoms with Gasteiger partial charge in [0.05, 0.1) is 4.90 Å². The lowest BCUT2D eigenvalue weighted by atomic mass is 10.2. The van der Waals surface area contributed by atoms with E-state index in [0.717, 1.165) is 24.3 Å². The summed E-state index contributed by atoms with van der Waals surface area (Å²) < 4.78 is 52.6. The minimum atomic E-state index is -3.98. The van der Waals surface area contributed by atoms with E-state index < -0.39 is 21.7 Å². The van der Waals surface area contributed by atoms with E-state index in [4.69, 9.17) is 5.73 Å². The first kappa shape index (κ1) is 14.4. The number of benzene rings is 2. The smallest absolute Gasteiger partial charge is 0.262 e. The average molecular weight is 298 g/mol. The Labute approximate surface area is 115 Å². The molecule has 7 heteroatoms. The molecule has 0 saturated heterocycles. The van der Waals surface area contributed by atoms with Crippen LogP contribution >= 0.6 is 0 Å². The fourth-order valence-electron chi connectivity index (χ4n) is 1.68. The predicted octanol–water partition coefficient (Wildman–Crippen LogP) is 2.22. The molecule has 0 aromatic heterocycles. The second-order valence-electron chi connectivity index (χ2n) is 4.07. The summed E-state index contributed by atoms with van der Waals surface area (Å²) in [7, 11) is -3.98. The summed E-state index contributed by atoms with van der Waals surface area (Å²) >= 11 is 0. The van der Waals surface area contributed by atoms with Crippen LogP contribution in [0.3, 0.4) is 0 Å². The van der Waals surface area contributed by atoms with Crippen LogP contribution in [0.4, 0.5) is 14.5 Å². The molecule has 0 atom stereocenters. The summed E-state index contributed by atoms with van der Waals surface area (Å²) in [6.45, 7) is -0.0417. The highest BCUT2D eigenvalue weighted by molar-refractivity contribution is 7.92. The zero-order valence-electron chi connectivity index (χ0n) is 10.3. The second-order valence-corrected chi connectivity index (χ2v) is 5.72. The molecule has 0 spiro atoms. The lowest BCUT2D eigenvalue weighted by Gasteiger charge is -2.11. The maximum Gasteiger partial charge on any atom is 0.262 e. The van der Waals surface area contributed by atoms with Crippen molar-refractivity contribution >= 4 is 15.7 Å². The number of rotatable bonds is 4. The Morgan fingerprint density at radius 2 is 1.60 bits per heavy atom. The number of hydrogen-bond donors (Lipinski definition) is 2. The number of halogens is 2. The number of nitrogens with one attached hydrogen (secondary N) is 1. The number of anilines is 1. The van der Waals surface area contributed by atoms with E-state index in [0.29, 0.717) is 5.56 Å². The van der Waals surface area contributed by atoms with Gasteiger partial charge in [-0.15, -0.1) is 0 Å². The molecular weight excluding hydrogens is 286 g/mol. The van der Waals surface area contributed by atoms with Gasteiger partial charge in [0, 0.05) is 12.2 Å². The van der Waals surface area contributed by atoms with Gasteiger partial charge in [-0.1, -0.05) is 6.07 Å². The SMILES string of the molecule is NCc1ccc(F)cc1S(=O)(=O)Nc1ccc(F)cc1. The van der Waals surface area contributed by atoms with Crippen molar-refractivity contribution in [2.45, 2.75) is 11.4 Å². The third kappa shape index (κ3) is 3.12. The molecule has 20 heavy (non-hydrogen) atoms. The van der Waals surface area contributed by atoms with Crippen LogP contribution < -0.4 is 10.5 Å². The van der Waals surface area contributed by atoms with Gasteiger partial charge >= 0.3 is 0 Å². The van der Waals surface area contributed by atoms with Crippen molar-refractivity contribution in [3.8, 4) is 0 Å². The minimum Gasteiger partial charge on any atom is -0.326 e. The van der Waals surface area contributed by atoms with E-state index in [1.807, 2.05) is 0 Å². The molecule has 0 saturated carbocycles. The summed E-state index contributed by atoms with van der Waals surface area (Å²) in [5, 5.41) is 0. The predicted molar refractivity (Wildman–Crippen MR) is 71.5 cm³/mol. The molecule has 0 unspecified atom stereocenters. The summed E-state index contributed by atoms with van der Waals surface area (Å²) in [6.07, 6.45) is 0. The second kappa shape index (κ2) is 5.56. The largest absolute Gasteiger partial charge is 0.326 e. The van der Waals surface area contributed by atoms with Crippen molar-refractivity contribution in [3.05, 3.63) is 59.7 Å². The molecule has 2 rings (SSSR count). The molecule has 0 aliphatic carbocycles. The molecule has 0 aliphatic rings. The van der Waals surface area contributed by atoms with Crippen LogP contribution in [0.15, 0.2) is 47.4 Å². The summed E-state index contributed by atoms with van der Waals surface area (Å²) in [6, 6.07) is 8.13. The molecule has 2 aromatic rings. The lowest BCUT2D eigenvalue weighted by Crippen LogP contribution is -2.16. The highest BCUT2D eigenvalue weighted by Gasteiger charge is 2.19. The van der Waals surface area contributed by atoms with E-state index in [-0.39, 0.29) is 17.1 Å². The number of hydrogen-bond acceptors (Lipinski definition) is 3. The highest BCUT2D eigenvalue weighted by Crippen LogP contribution is 2.20. The van der Waals surface area contributed by atoms with E-state index in [2.05, 4.69) is 4.72 Å². The molecule has 0 heterocycles. The number of sulfonamides is 1. The van der Waals surface area contributed by atoms with Gasteiger partial charge in [-0.25, -0.2) is 17.2 Å². The van der Waals surface area contributed by atoms with E-state index in [1.54, 1.807) is 0 Å². The van der Waals surface area contributed by atoms with E-state index >= 15 is 0 Å².